The van der Waals surface area contributed by atoms with Gasteiger partial charge in [0.15, 0.2) is 0 Å². The van der Waals surface area contributed by atoms with Crippen LogP contribution in [0.2, 0.25) is 0 Å². The van der Waals surface area contributed by atoms with Crippen LogP contribution < -0.4 is 5.32 Å². The molecule has 1 amide bonds. The second-order valence-corrected chi connectivity index (χ2v) is 7.48. The fourth-order valence-corrected chi connectivity index (χ4v) is 3.68. The first-order chi connectivity index (χ1) is 12.7. The molecule has 0 bridgehead atoms. The van der Waals surface area contributed by atoms with Gasteiger partial charge in [-0.05, 0) is 62.9 Å². The van der Waals surface area contributed by atoms with Crippen LogP contribution in [0.1, 0.15) is 55.0 Å². The second kappa shape index (κ2) is 7.54. The van der Waals surface area contributed by atoms with Gasteiger partial charge in [-0.15, -0.1) is 0 Å². The van der Waals surface area contributed by atoms with Crippen LogP contribution in [0.4, 0.5) is 5.69 Å². The predicted octanol–water partition coefficient (Wildman–Crippen LogP) is 3.66. The number of rotatable bonds is 5. The molecule has 2 fully saturated rings. The van der Waals surface area contributed by atoms with Crippen LogP contribution in [0, 0.1) is 6.92 Å². The average molecular weight is 350 g/mol. The number of hydrogen-bond acceptors (Lipinski definition) is 4. The maximum atomic E-state index is 12.9. The molecule has 0 unspecified atom stereocenters. The molecule has 4 rings (SSSR count). The molecule has 2 aromatic rings. The summed E-state index contributed by atoms with van der Waals surface area (Å²) >= 11 is 0. The SMILES string of the molecule is Cc1cccnc1CN1CCCC[C@@H]1C(=O)Nc1ccc(C2CC2)nc1. The number of amides is 1. The van der Waals surface area contributed by atoms with Crippen molar-refractivity contribution in [3.63, 3.8) is 0 Å². The van der Waals surface area contributed by atoms with Gasteiger partial charge >= 0.3 is 0 Å². The van der Waals surface area contributed by atoms with Gasteiger partial charge in [-0.1, -0.05) is 12.5 Å². The van der Waals surface area contributed by atoms with Crippen LogP contribution in [0.15, 0.2) is 36.7 Å². The van der Waals surface area contributed by atoms with Crippen LogP contribution >= 0.6 is 0 Å². The smallest absolute Gasteiger partial charge is 0.241 e. The number of carbonyl (C=O) groups is 1. The normalized spacial score (nSPS) is 20.7. The van der Waals surface area contributed by atoms with Crippen molar-refractivity contribution in [2.24, 2.45) is 0 Å². The number of pyridine rings is 2. The van der Waals surface area contributed by atoms with Gasteiger partial charge in [-0.3, -0.25) is 19.7 Å². The van der Waals surface area contributed by atoms with Crippen molar-refractivity contribution in [2.75, 3.05) is 11.9 Å². The molecular formula is C21H26N4O. The van der Waals surface area contributed by atoms with Crippen LogP contribution in [0.5, 0.6) is 0 Å². The Balaban J connectivity index is 1.43. The van der Waals surface area contributed by atoms with Crippen molar-refractivity contribution in [3.8, 4) is 0 Å². The number of carbonyl (C=O) groups excluding carboxylic acids is 1. The van der Waals surface area contributed by atoms with Gasteiger partial charge in [-0.2, -0.15) is 0 Å². The van der Waals surface area contributed by atoms with E-state index in [1.165, 1.54) is 18.4 Å². The van der Waals surface area contributed by atoms with E-state index in [2.05, 4.69) is 33.2 Å². The molecule has 1 aliphatic heterocycles. The largest absolute Gasteiger partial charge is 0.323 e. The third-order valence-electron chi connectivity index (χ3n) is 5.44. The molecule has 2 aromatic heterocycles. The zero-order chi connectivity index (χ0) is 17.9. The topological polar surface area (TPSA) is 58.1 Å². The van der Waals surface area contributed by atoms with Crippen molar-refractivity contribution in [3.05, 3.63) is 53.6 Å². The summed E-state index contributed by atoms with van der Waals surface area (Å²) in [5.41, 5.74) is 4.17. The quantitative estimate of drug-likeness (QED) is 0.894. The van der Waals surface area contributed by atoms with Crippen LogP contribution in [0.3, 0.4) is 0 Å². The Morgan fingerprint density at radius 2 is 2.08 bits per heavy atom. The van der Waals surface area contributed by atoms with Crippen LogP contribution in [-0.2, 0) is 11.3 Å². The Kier molecular flexibility index (Phi) is 4.98. The van der Waals surface area contributed by atoms with E-state index in [4.69, 9.17) is 0 Å². The summed E-state index contributed by atoms with van der Waals surface area (Å²) < 4.78 is 0. The number of aromatic nitrogens is 2. The summed E-state index contributed by atoms with van der Waals surface area (Å²) in [6, 6.07) is 7.96. The second-order valence-electron chi connectivity index (χ2n) is 7.48. The molecular weight excluding hydrogens is 324 g/mol. The highest BCUT2D eigenvalue weighted by Gasteiger charge is 2.29. The fraction of sp³-hybridized carbons (Fsp3) is 0.476. The molecule has 0 aromatic carbocycles. The summed E-state index contributed by atoms with van der Waals surface area (Å²) in [4.78, 5) is 24.1. The molecule has 26 heavy (non-hydrogen) atoms. The highest BCUT2D eigenvalue weighted by Crippen LogP contribution is 2.38. The lowest BCUT2D eigenvalue weighted by Gasteiger charge is -2.34. The van der Waals surface area contributed by atoms with Crippen LogP contribution in [-0.4, -0.2) is 33.4 Å². The molecule has 0 radical (unpaired) electrons. The number of likely N-dealkylation sites (tertiary alicyclic amines) is 1. The number of piperidine rings is 1. The molecule has 136 valence electrons. The van der Waals surface area contributed by atoms with Gasteiger partial charge in [-0.25, -0.2) is 0 Å². The van der Waals surface area contributed by atoms with E-state index >= 15 is 0 Å². The summed E-state index contributed by atoms with van der Waals surface area (Å²) in [5.74, 6) is 0.703. The van der Waals surface area contributed by atoms with E-state index in [0.29, 0.717) is 5.92 Å². The Labute approximate surface area is 154 Å². The molecule has 1 N–H and O–H groups in total. The Morgan fingerprint density at radius 1 is 1.19 bits per heavy atom. The monoisotopic (exact) mass is 350 g/mol. The molecule has 1 aliphatic carbocycles. The molecule has 5 heteroatoms. The zero-order valence-corrected chi connectivity index (χ0v) is 15.3. The third-order valence-corrected chi connectivity index (χ3v) is 5.44. The highest BCUT2D eigenvalue weighted by atomic mass is 16.2. The lowest BCUT2D eigenvalue weighted by atomic mass is 10.0. The Morgan fingerprint density at radius 3 is 2.81 bits per heavy atom. The first-order valence-electron chi connectivity index (χ1n) is 9.62. The molecule has 1 saturated heterocycles. The van der Waals surface area contributed by atoms with Gasteiger partial charge in [0.1, 0.15) is 0 Å². The molecule has 2 aliphatic rings. The predicted molar refractivity (Wildman–Crippen MR) is 102 cm³/mol. The maximum Gasteiger partial charge on any atom is 0.241 e. The lowest BCUT2D eigenvalue weighted by molar-refractivity contribution is -0.122. The minimum atomic E-state index is -0.103. The number of anilines is 1. The first-order valence-corrected chi connectivity index (χ1v) is 9.62. The fourth-order valence-electron chi connectivity index (χ4n) is 3.68. The number of hydrogen-bond donors (Lipinski definition) is 1. The summed E-state index contributed by atoms with van der Waals surface area (Å²) in [5, 5.41) is 3.07. The van der Waals surface area contributed by atoms with E-state index in [1.54, 1.807) is 6.20 Å². The van der Waals surface area contributed by atoms with Crippen molar-refractivity contribution < 1.29 is 4.79 Å². The lowest BCUT2D eigenvalue weighted by Crippen LogP contribution is -2.46. The number of nitrogens with zero attached hydrogens (tertiary/aromatic N) is 3. The number of nitrogens with one attached hydrogen (secondary N) is 1. The molecule has 5 nitrogen and oxygen atoms in total. The average Bonchev–Trinajstić information content (AvgIpc) is 3.50. The first kappa shape index (κ1) is 17.2. The highest BCUT2D eigenvalue weighted by molar-refractivity contribution is 5.94. The third kappa shape index (κ3) is 3.93. The van der Waals surface area contributed by atoms with Crippen molar-refractivity contribution in [2.45, 2.75) is 57.5 Å². The minimum Gasteiger partial charge on any atom is -0.323 e. The standard InChI is InChI=1S/C21H26N4O/c1-15-5-4-11-22-19(15)14-25-12-3-2-6-20(25)21(26)24-17-9-10-18(23-13-17)16-7-8-16/h4-5,9-11,13,16,20H,2-3,6-8,12,14H2,1H3,(H,24,26)/t20-/m1/s1. The van der Waals surface area contributed by atoms with Crippen molar-refractivity contribution >= 4 is 11.6 Å². The van der Waals surface area contributed by atoms with E-state index in [1.807, 2.05) is 24.4 Å². The van der Waals surface area contributed by atoms with Gasteiger partial charge in [0, 0.05) is 24.4 Å². The van der Waals surface area contributed by atoms with Crippen molar-refractivity contribution in [1.29, 1.82) is 0 Å². The summed E-state index contributed by atoms with van der Waals surface area (Å²) in [7, 11) is 0. The van der Waals surface area contributed by atoms with Crippen molar-refractivity contribution in [1.82, 2.24) is 14.9 Å². The van der Waals surface area contributed by atoms with Crippen LogP contribution in [0.25, 0.3) is 0 Å². The van der Waals surface area contributed by atoms with Gasteiger partial charge in [0.25, 0.3) is 0 Å². The molecule has 0 spiro atoms. The Hall–Kier alpha value is -2.27. The summed E-state index contributed by atoms with van der Waals surface area (Å²) in [6.45, 7) is 3.74. The zero-order valence-electron chi connectivity index (χ0n) is 15.3. The minimum absolute atomic E-state index is 0.0688. The molecule has 1 saturated carbocycles. The van der Waals surface area contributed by atoms with E-state index < -0.39 is 0 Å². The van der Waals surface area contributed by atoms with E-state index in [9.17, 15) is 4.79 Å². The van der Waals surface area contributed by atoms with E-state index in [0.717, 1.165) is 49.4 Å². The molecule has 3 heterocycles. The van der Waals surface area contributed by atoms with Gasteiger partial charge in [0.2, 0.25) is 5.91 Å². The van der Waals surface area contributed by atoms with E-state index in [-0.39, 0.29) is 11.9 Å². The number of aryl methyl sites for hydroxylation is 1. The molecule has 1 atom stereocenters. The van der Waals surface area contributed by atoms with Gasteiger partial charge in [0.05, 0.1) is 23.6 Å². The van der Waals surface area contributed by atoms with Gasteiger partial charge < -0.3 is 5.32 Å². The Bertz CT molecular complexity index is 770. The summed E-state index contributed by atoms with van der Waals surface area (Å²) in [6.07, 6.45) is 9.22. The maximum absolute atomic E-state index is 12.9.